The summed E-state index contributed by atoms with van der Waals surface area (Å²) in [6.07, 6.45) is 10.9. The van der Waals surface area contributed by atoms with E-state index in [1.165, 1.54) is 12.8 Å². The maximum Gasteiger partial charge on any atom is 0.168 e. The Kier molecular flexibility index (Phi) is 4.06. The first-order valence-corrected chi connectivity index (χ1v) is 5.83. The number of pyridine rings is 2. The maximum atomic E-state index is 2.23. The average Bonchev–Trinajstić information content (AvgIpc) is 2.37. The molecule has 0 aromatic carbocycles. The van der Waals surface area contributed by atoms with Crippen LogP contribution in [-0.4, -0.2) is 0 Å². The summed E-state index contributed by atoms with van der Waals surface area (Å²) in [6, 6.07) is 12.4. The minimum absolute atomic E-state index is 1.11. The largest absolute Gasteiger partial charge is 0.205 e. The molecule has 82 valence electrons. The van der Waals surface area contributed by atoms with E-state index in [1.54, 1.807) is 0 Å². The Morgan fingerprint density at radius 1 is 0.500 bits per heavy atom. The van der Waals surface area contributed by atoms with Crippen LogP contribution in [0.4, 0.5) is 0 Å². The summed E-state index contributed by atoms with van der Waals surface area (Å²) in [5, 5.41) is 0. The summed E-state index contributed by atoms with van der Waals surface area (Å²) in [5.74, 6) is 0. The van der Waals surface area contributed by atoms with Crippen molar-refractivity contribution in [1.29, 1.82) is 0 Å². The zero-order valence-corrected chi connectivity index (χ0v) is 9.50. The molecule has 2 heteroatoms. The Balaban J connectivity index is 1.70. The first-order chi connectivity index (χ1) is 7.95. The summed E-state index contributed by atoms with van der Waals surface area (Å²) in [6.45, 7) is 2.21. The Morgan fingerprint density at radius 2 is 0.875 bits per heavy atom. The predicted molar refractivity (Wildman–Crippen MR) is 62.5 cm³/mol. The summed E-state index contributed by atoms with van der Waals surface area (Å²) < 4.78 is 4.46. The lowest BCUT2D eigenvalue weighted by Gasteiger charge is -1.96. The molecule has 2 aromatic rings. The lowest BCUT2D eigenvalue weighted by molar-refractivity contribution is -0.708. The van der Waals surface area contributed by atoms with E-state index >= 15 is 0 Å². The van der Waals surface area contributed by atoms with Gasteiger partial charge in [0.25, 0.3) is 0 Å². The van der Waals surface area contributed by atoms with Crippen molar-refractivity contribution in [2.24, 2.45) is 0 Å². The predicted octanol–water partition coefficient (Wildman–Crippen LogP) is 1.74. The lowest BCUT2D eigenvalue weighted by atomic mass is 10.3. The molecule has 0 unspecified atom stereocenters. The zero-order chi connectivity index (χ0) is 11.1. The van der Waals surface area contributed by atoms with Gasteiger partial charge in [-0.15, -0.1) is 0 Å². The molecule has 0 fully saturated rings. The van der Waals surface area contributed by atoms with Gasteiger partial charge in [0.1, 0.15) is 13.1 Å². The van der Waals surface area contributed by atoms with Gasteiger partial charge in [0.15, 0.2) is 24.8 Å². The summed E-state index contributed by atoms with van der Waals surface area (Å²) in [7, 11) is 0. The molecule has 0 aliphatic rings. The zero-order valence-electron chi connectivity index (χ0n) is 9.50. The molecular weight excluding hydrogens is 196 g/mol. The summed E-state index contributed by atoms with van der Waals surface area (Å²) >= 11 is 0. The number of hydrogen-bond donors (Lipinski definition) is 0. The first-order valence-electron chi connectivity index (χ1n) is 5.83. The summed E-state index contributed by atoms with van der Waals surface area (Å²) in [4.78, 5) is 0. The molecule has 0 spiro atoms. The molecule has 0 bridgehead atoms. The average molecular weight is 214 g/mol. The minimum atomic E-state index is 1.11. The number of unbranched alkanes of at least 4 members (excludes halogenated alkanes) is 1. The number of aryl methyl sites for hydroxylation is 2. The van der Waals surface area contributed by atoms with E-state index in [1.807, 2.05) is 0 Å². The molecule has 0 saturated carbocycles. The smallest absolute Gasteiger partial charge is 0.168 e. The van der Waals surface area contributed by atoms with E-state index in [-0.39, 0.29) is 0 Å². The Labute approximate surface area is 96.8 Å². The SMILES string of the molecule is c1cc[n+](CCCC[n+]2ccccc2)cc1. The fourth-order valence-electron chi connectivity index (χ4n) is 1.76. The van der Waals surface area contributed by atoms with Crippen LogP contribution in [0.5, 0.6) is 0 Å². The van der Waals surface area contributed by atoms with E-state index in [2.05, 4.69) is 70.3 Å². The van der Waals surface area contributed by atoms with Crippen molar-refractivity contribution in [2.75, 3.05) is 0 Å². The third-order valence-corrected chi connectivity index (χ3v) is 2.64. The highest BCUT2D eigenvalue weighted by atomic mass is 14.9. The van der Waals surface area contributed by atoms with Crippen LogP contribution in [0.15, 0.2) is 61.2 Å². The van der Waals surface area contributed by atoms with Crippen LogP contribution in [0.1, 0.15) is 12.8 Å². The van der Waals surface area contributed by atoms with E-state index in [0.717, 1.165) is 13.1 Å². The number of rotatable bonds is 5. The quantitative estimate of drug-likeness (QED) is 0.529. The molecule has 2 nitrogen and oxygen atoms in total. The fourth-order valence-corrected chi connectivity index (χ4v) is 1.76. The Morgan fingerprint density at radius 3 is 1.25 bits per heavy atom. The molecule has 0 aliphatic heterocycles. The molecule has 16 heavy (non-hydrogen) atoms. The molecule has 0 saturated heterocycles. The summed E-state index contributed by atoms with van der Waals surface area (Å²) in [5.41, 5.74) is 0. The van der Waals surface area contributed by atoms with Gasteiger partial charge < -0.3 is 0 Å². The third-order valence-electron chi connectivity index (χ3n) is 2.64. The highest BCUT2D eigenvalue weighted by Crippen LogP contribution is 1.89. The standard InChI is InChI=1S/C14H18N2/c1-3-9-15(10-4-1)13-7-8-14-16-11-5-2-6-12-16/h1-6,9-12H,7-8,13-14H2/q+2. The van der Waals surface area contributed by atoms with Crippen LogP contribution < -0.4 is 9.13 Å². The Hall–Kier alpha value is -1.70. The van der Waals surface area contributed by atoms with Gasteiger partial charge in [-0.25, -0.2) is 9.13 Å². The molecule has 0 radical (unpaired) electrons. The normalized spacial score (nSPS) is 10.2. The minimum Gasteiger partial charge on any atom is -0.205 e. The molecule has 0 amide bonds. The monoisotopic (exact) mass is 214 g/mol. The van der Waals surface area contributed by atoms with Gasteiger partial charge in [-0.3, -0.25) is 0 Å². The molecule has 2 heterocycles. The van der Waals surface area contributed by atoms with E-state index in [0.29, 0.717) is 0 Å². The lowest BCUT2D eigenvalue weighted by Crippen LogP contribution is -2.35. The van der Waals surface area contributed by atoms with Gasteiger partial charge in [-0.1, -0.05) is 12.1 Å². The van der Waals surface area contributed by atoms with Gasteiger partial charge in [0.2, 0.25) is 0 Å². The number of nitrogens with zero attached hydrogens (tertiary/aromatic N) is 2. The van der Waals surface area contributed by atoms with Gasteiger partial charge in [-0.05, 0) is 0 Å². The second kappa shape index (κ2) is 6.01. The van der Waals surface area contributed by atoms with Crippen molar-refractivity contribution < 1.29 is 9.13 Å². The second-order valence-electron chi connectivity index (χ2n) is 3.93. The highest BCUT2D eigenvalue weighted by molar-refractivity contribution is 4.84. The van der Waals surface area contributed by atoms with Crippen LogP contribution in [0.2, 0.25) is 0 Å². The molecule has 2 aromatic heterocycles. The van der Waals surface area contributed by atoms with Crippen LogP contribution in [0.25, 0.3) is 0 Å². The van der Waals surface area contributed by atoms with Gasteiger partial charge >= 0.3 is 0 Å². The maximum absolute atomic E-state index is 2.23. The third kappa shape index (κ3) is 3.46. The van der Waals surface area contributed by atoms with Crippen LogP contribution >= 0.6 is 0 Å². The van der Waals surface area contributed by atoms with Gasteiger partial charge in [-0.2, -0.15) is 0 Å². The van der Waals surface area contributed by atoms with Crippen molar-refractivity contribution >= 4 is 0 Å². The van der Waals surface area contributed by atoms with Gasteiger partial charge in [0, 0.05) is 37.1 Å². The molecule has 2 rings (SSSR count). The van der Waals surface area contributed by atoms with Crippen molar-refractivity contribution in [2.45, 2.75) is 25.9 Å². The number of hydrogen-bond acceptors (Lipinski definition) is 0. The highest BCUT2D eigenvalue weighted by Gasteiger charge is 2.01. The van der Waals surface area contributed by atoms with Crippen molar-refractivity contribution in [1.82, 2.24) is 0 Å². The van der Waals surface area contributed by atoms with Crippen LogP contribution in [-0.2, 0) is 13.1 Å². The topological polar surface area (TPSA) is 7.76 Å². The van der Waals surface area contributed by atoms with Crippen molar-refractivity contribution in [3.8, 4) is 0 Å². The van der Waals surface area contributed by atoms with Crippen molar-refractivity contribution in [3.63, 3.8) is 0 Å². The number of aromatic nitrogens is 2. The molecule has 0 atom stereocenters. The Bertz CT molecular complexity index is 356. The molecule has 0 aliphatic carbocycles. The van der Waals surface area contributed by atoms with Crippen LogP contribution in [0, 0.1) is 0 Å². The molecular formula is C14H18N2+2. The first kappa shape index (κ1) is 10.8. The van der Waals surface area contributed by atoms with Crippen molar-refractivity contribution in [3.05, 3.63) is 61.2 Å². The van der Waals surface area contributed by atoms with E-state index < -0.39 is 0 Å². The van der Waals surface area contributed by atoms with Crippen LogP contribution in [0.3, 0.4) is 0 Å². The van der Waals surface area contributed by atoms with E-state index in [9.17, 15) is 0 Å². The second-order valence-corrected chi connectivity index (χ2v) is 3.93. The van der Waals surface area contributed by atoms with Gasteiger partial charge in [0.05, 0.1) is 0 Å². The van der Waals surface area contributed by atoms with E-state index in [4.69, 9.17) is 0 Å². The fraction of sp³-hybridized carbons (Fsp3) is 0.286. The molecule has 0 N–H and O–H groups in total.